The summed E-state index contributed by atoms with van der Waals surface area (Å²) in [5.41, 5.74) is 2.76. The molecule has 108 valence electrons. The first-order valence-electron chi connectivity index (χ1n) is 7.37. The molecule has 1 aliphatic carbocycles. The molecule has 0 heterocycles. The van der Waals surface area contributed by atoms with Crippen LogP contribution in [0.2, 0.25) is 0 Å². The maximum atomic E-state index is 11.5. The van der Waals surface area contributed by atoms with Crippen molar-refractivity contribution < 1.29 is 10.2 Å². The lowest BCUT2D eigenvalue weighted by molar-refractivity contribution is -0.0485. The Morgan fingerprint density at radius 2 is 1.09 bits per heavy atom. The molecule has 1 aliphatic rings. The molecule has 1 atom stereocenters. The molecule has 0 unspecified atom stereocenters. The van der Waals surface area contributed by atoms with E-state index in [1.165, 1.54) is 0 Å². The SMILES string of the molecule is O[C@@H](c1ccccc1)C1(O)c2ccccc2-c2ccccc21. The van der Waals surface area contributed by atoms with E-state index in [0.29, 0.717) is 5.56 Å². The molecule has 0 radical (unpaired) electrons. The van der Waals surface area contributed by atoms with Crippen molar-refractivity contribution in [2.24, 2.45) is 0 Å². The van der Waals surface area contributed by atoms with Crippen molar-refractivity contribution in [1.29, 1.82) is 0 Å². The highest BCUT2D eigenvalue weighted by Crippen LogP contribution is 2.52. The standard InChI is InChI=1S/C20H16O2/c21-19(14-8-2-1-3-9-14)20(22)17-12-6-4-10-15(17)16-11-5-7-13-18(16)20/h1-13,19,21-22H/t19-/m0/s1. The van der Waals surface area contributed by atoms with Gasteiger partial charge in [-0.2, -0.15) is 0 Å². The molecule has 0 spiro atoms. The molecule has 4 rings (SSSR count). The van der Waals surface area contributed by atoms with Gasteiger partial charge in [0.2, 0.25) is 0 Å². The zero-order valence-electron chi connectivity index (χ0n) is 12.0. The molecule has 22 heavy (non-hydrogen) atoms. The van der Waals surface area contributed by atoms with Gasteiger partial charge in [-0.05, 0) is 27.8 Å². The second kappa shape index (κ2) is 4.80. The van der Waals surface area contributed by atoms with Crippen LogP contribution < -0.4 is 0 Å². The van der Waals surface area contributed by atoms with E-state index in [9.17, 15) is 10.2 Å². The van der Waals surface area contributed by atoms with E-state index in [1.807, 2.05) is 78.9 Å². The average Bonchev–Trinajstić information content (AvgIpc) is 2.86. The van der Waals surface area contributed by atoms with Crippen LogP contribution in [-0.2, 0) is 5.60 Å². The van der Waals surface area contributed by atoms with Crippen molar-refractivity contribution in [2.45, 2.75) is 11.7 Å². The van der Waals surface area contributed by atoms with E-state index in [1.54, 1.807) is 0 Å². The van der Waals surface area contributed by atoms with Crippen LogP contribution in [0.15, 0.2) is 78.9 Å². The molecule has 0 bridgehead atoms. The summed E-state index contributed by atoms with van der Waals surface area (Å²) in [6, 6.07) is 24.8. The Hall–Kier alpha value is -2.42. The van der Waals surface area contributed by atoms with Gasteiger partial charge in [0.1, 0.15) is 11.7 Å². The molecular formula is C20H16O2. The average molecular weight is 288 g/mol. The largest absolute Gasteiger partial charge is 0.385 e. The summed E-state index contributed by atoms with van der Waals surface area (Å²) in [5, 5.41) is 22.4. The van der Waals surface area contributed by atoms with Crippen LogP contribution in [0.3, 0.4) is 0 Å². The number of benzene rings is 3. The smallest absolute Gasteiger partial charge is 0.146 e. The van der Waals surface area contributed by atoms with Crippen LogP contribution in [0.5, 0.6) is 0 Å². The normalized spacial score (nSPS) is 15.9. The van der Waals surface area contributed by atoms with Gasteiger partial charge in [-0.1, -0.05) is 78.9 Å². The molecule has 0 aliphatic heterocycles. The van der Waals surface area contributed by atoms with Gasteiger partial charge in [0.15, 0.2) is 0 Å². The monoisotopic (exact) mass is 288 g/mol. The minimum absolute atomic E-state index is 0.705. The van der Waals surface area contributed by atoms with Gasteiger partial charge >= 0.3 is 0 Å². The topological polar surface area (TPSA) is 40.5 Å². The fraction of sp³-hybridized carbons (Fsp3) is 0.100. The van der Waals surface area contributed by atoms with Gasteiger partial charge in [0.25, 0.3) is 0 Å². The minimum Gasteiger partial charge on any atom is -0.385 e. The van der Waals surface area contributed by atoms with Crippen molar-refractivity contribution in [3.63, 3.8) is 0 Å². The van der Waals surface area contributed by atoms with Crippen molar-refractivity contribution in [1.82, 2.24) is 0 Å². The van der Waals surface area contributed by atoms with Crippen molar-refractivity contribution in [2.75, 3.05) is 0 Å². The van der Waals surface area contributed by atoms with Gasteiger partial charge in [0.05, 0.1) is 0 Å². The quantitative estimate of drug-likeness (QED) is 0.756. The third-order valence-electron chi connectivity index (χ3n) is 4.48. The predicted octanol–water partition coefficient (Wildman–Crippen LogP) is 3.64. The molecular weight excluding hydrogens is 272 g/mol. The Balaban J connectivity index is 1.98. The van der Waals surface area contributed by atoms with E-state index in [0.717, 1.165) is 22.3 Å². The highest BCUT2D eigenvalue weighted by molar-refractivity contribution is 5.80. The number of hydrogen-bond acceptors (Lipinski definition) is 2. The van der Waals surface area contributed by atoms with E-state index in [-0.39, 0.29) is 0 Å². The maximum absolute atomic E-state index is 11.5. The molecule has 3 aromatic rings. The summed E-state index contributed by atoms with van der Waals surface area (Å²) < 4.78 is 0. The van der Waals surface area contributed by atoms with Gasteiger partial charge < -0.3 is 10.2 Å². The first kappa shape index (κ1) is 13.3. The third-order valence-corrected chi connectivity index (χ3v) is 4.48. The Labute approximate surface area is 129 Å². The fourth-order valence-electron chi connectivity index (χ4n) is 3.42. The Bertz CT molecular complexity index is 778. The van der Waals surface area contributed by atoms with E-state index in [2.05, 4.69) is 0 Å². The van der Waals surface area contributed by atoms with Crippen LogP contribution in [0.1, 0.15) is 22.8 Å². The lowest BCUT2D eigenvalue weighted by Crippen LogP contribution is -2.32. The highest BCUT2D eigenvalue weighted by atomic mass is 16.3. The van der Waals surface area contributed by atoms with Gasteiger partial charge in [-0.15, -0.1) is 0 Å². The summed E-state index contributed by atoms with van der Waals surface area (Å²) in [6.45, 7) is 0. The fourth-order valence-corrected chi connectivity index (χ4v) is 3.42. The van der Waals surface area contributed by atoms with Gasteiger partial charge in [-0.3, -0.25) is 0 Å². The van der Waals surface area contributed by atoms with Gasteiger partial charge in [-0.25, -0.2) is 0 Å². The zero-order chi connectivity index (χ0) is 15.2. The Morgan fingerprint density at radius 3 is 1.64 bits per heavy atom. The number of aliphatic hydroxyl groups excluding tert-OH is 1. The molecule has 2 heteroatoms. The molecule has 0 saturated heterocycles. The molecule has 2 nitrogen and oxygen atoms in total. The van der Waals surface area contributed by atoms with Crippen LogP contribution in [-0.4, -0.2) is 10.2 Å². The zero-order valence-corrected chi connectivity index (χ0v) is 12.0. The molecule has 0 fully saturated rings. The van der Waals surface area contributed by atoms with Gasteiger partial charge in [0, 0.05) is 0 Å². The lowest BCUT2D eigenvalue weighted by Gasteiger charge is -2.31. The summed E-state index contributed by atoms with van der Waals surface area (Å²) in [7, 11) is 0. The lowest BCUT2D eigenvalue weighted by atomic mass is 9.82. The Morgan fingerprint density at radius 1 is 0.636 bits per heavy atom. The summed E-state index contributed by atoms with van der Waals surface area (Å²) >= 11 is 0. The second-order valence-corrected chi connectivity index (χ2v) is 5.67. The van der Waals surface area contributed by atoms with Crippen LogP contribution >= 0.6 is 0 Å². The summed E-state index contributed by atoms with van der Waals surface area (Å²) in [4.78, 5) is 0. The maximum Gasteiger partial charge on any atom is 0.146 e. The van der Waals surface area contributed by atoms with E-state index >= 15 is 0 Å². The molecule has 0 aromatic heterocycles. The number of aliphatic hydroxyl groups is 2. The predicted molar refractivity (Wildman–Crippen MR) is 86.3 cm³/mol. The van der Waals surface area contributed by atoms with Crippen LogP contribution in [0.25, 0.3) is 11.1 Å². The molecule has 3 aromatic carbocycles. The van der Waals surface area contributed by atoms with Crippen molar-refractivity contribution in [3.8, 4) is 11.1 Å². The number of fused-ring (bicyclic) bond motifs is 3. The third kappa shape index (κ3) is 1.68. The second-order valence-electron chi connectivity index (χ2n) is 5.67. The van der Waals surface area contributed by atoms with E-state index in [4.69, 9.17) is 0 Å². The van der Waals surface area contributed by atoms with Crippen molar-refractivity contribution >= 4 is 0 Å². The molecule has 2 N–H and O–H groups in total. The first-order chi connectivity index (χ1) is 10.7. The Kier molecular flexibility index (Phi) is 2.89. The van der Waals surface area contributed by atoms with Crippen molar-refractivity contribution in [3.05, 3.63) is 95.6 Å². The van der Waals surface area contributed by atoms with Crippen LogP contribution in [0, 0.1) is 0 Å². The molecule has 0 saturated carbocycles. The first-order valence-corrected chi connectivity index (χ1v) is 7.37. The summed E-state index contributed by atoms with van der Waals surface area (Å²) in [6.07, 6.45) is -1.02. The van der Waals surface area contributed by atoms with E-state index < -0.39 is 11.7 Å². The summed E-state index contributed by atoms with van der Waals surface area (Å²) in [5.74, 6) is 0. The number of hydrogen-bond donors (Lipinski definition) is 2. The number of rotatable bonds is 2. The highest BCUT2D eigenvalue weighted by Gasteiger charge is 2.47. The van der Waals surface area contributed by atoms with Crippen LogP contribution in [0.4, 0.5) is 0 Å². The minimum atomic E-state index is -1.42. The molecule has 0 amide bonds.